The van der Waals surface area contributed by atoms with Crippen molar-refractivity contribution < 1.29 is 23.9 Å². The third-order valence-corrected chi connectivity index (χ3v) is 8.75. The number of fused-ring (bicyclic) bond motifs is 7. The summed E-state index contributed by atoms with van der Waals surface area (Å²) in [4.78, 5) is 21.4. The van der Waals surface area contributed by atoms with Crippen LogP contribution in [0.4, 0.5) is 4.79 Å². The first-order chi connectivity index (χ1) is 18.1. The Bertz CT molecular complexity index is 1610. The number of imidazole rings is 1. The second-order valence-corrected chi connectivity index (χ2v) is 11.5. The highest BCUT2D eigenvalue weighted by molar-refractivity contribution is 6.62. The number of hydrogen-bond acceptors (Lipinski definition) is 5. The molecule has 0 spiro atoms. The molecule has 4 heterocycles. The standard InChI is InChI=1S/C29H30BN3O5/c1-28(2)29(3,4)38-30(37-28)17-7-8-18-16(14-17)15-36-25-20(18)10-9-19-21(25)11-12-22-24(19)32-26(31-22)23-6-5-13-33(23)27(34)35/h7-12,14,23H,5-6,13,15H2,1-4H3,(H,31,32)(H,34,35)/t23-/m0/s1. The molecule has 7 rings (SSSR count). The Morgan fingerprint density at radius 3 is 2.55 bits per heavy atom. The van der Waals surface area contributed by atoms with E-state index < -0.39 is 24.4 Å². The first kappa shape index (κ1) is 23.6. The van der Waals surface area contributed by atoms with Gasteiger partial charge in [0.25, 0.3) is 0 Å². The number of likely N-dealkylation sites (tertiary alicyclic amines) is 1. The van der Waals surface area contributed by atoms with Crippen LogP contribution in [-0.4, -0.2) is 50.9 Å². The maximum atomic E-state index is 11.7. The summed E-state index contributed by atoms with van der Waals surface area (Å²) >= 11 is 0. The smallest absolute Gasteiger partial charge is 0.488 e. The fourth-order valence-corrected chi connectivity index (χ4v) is 5.95. The van der Waals surface area contributed by atoms with E-state index in [1.807, 2.05) is 6.07 Å². The van der Waals surface area contributed by atoms with Crippen molar-refractivity contribution in [1.82, 2.24) is 14.9 Å². The van der Waals surface area contributed by atoms with Crippen LogP contribution in [0, 0.1) is 0 Å². The second-order valence-electron chi connectivity index (χ2n) is 11.5. The van der Waals surface area contributed by atoms with E-state index in [-0.39, 0.29) is 6.04 Å². The fraction of sp³-hybridized carbons (Fsp3) is 0.379. The molecule has 2 fully saturated rings. The molecule has 1 atom stereocenters. The summed E-state index contributed by atoms with van der Waals surface area (Å²) in [7, 11) is -0.414. The zero-order chi connectivity index (χ0) is 26.4. The van der Waals surface area contributed by atoms with Gasteiger partial charge in [0.2, 0.25) is 0 Å². The molecule has 4 aromatic rings. The fourth-order valence-electron chi connectivity index (χ4n) is 5.95. The molecule has 3 aromatic carbocycles. The Morgan fingerprint density at radius 2 is 1.79 bits per heavy atom. The number of carbonyl (C=O) groups is 1. The molecule has 0 bridgehead atoms. The molecule has 1 aromatic heterocycles. The Balaban J connectivity index is 1.26. The van der Waals surface area contributed by atoms with Crippen LogP contribution in [0.3, 0.4) is 0 Å². The van der Waals surface area contributed by atoms with Crippen LogP contribution in [-0.2, 0) is 15.9 Å². The van der Waals surface area contributed by atoms with Gasteiger partial charge in [-0.05, 0) is 75.3 Å². The number of aromatic amines is 1. The third-order valence-electron chi connectivity index (χ3n) is 8.75. The topological polar surface area (TPSA) is 96.9 Å². The minimum absolute atomic E-state index is 0.242. The summed E-state index contributed by atoms with van der Waals surface area (Å²) < 4.78 is 18.9. The van der Waals surface area contributed by atoms with Crippen molar-refractivity contribution in [3.05, 3.63) is 53.9 Å². The molecule has 0 unspecified atom stereocenters. The lowest BCUT2D eigenvalue weighted by Gasteiger charge is -2.32. The number of benzene rings is 3. The lowest BCUT2D eigenvalue weighted by atomic mass is 9.77. The van der Waals surface area contributed by atoms with Crippen LogP contribution >= 0.6 is 0 Å². The van der Waals surface area contributed by atoms with E-state index in [9.17, 15) is 9.90 Å². The number of carboxylic acid groups (broad SMARTS) is 1. The molecule has 38 heavy (non-hydrogen) atoms. The second kappa shape index (κ2) is 7.97. The molecule has 0 aliphatic carbocycles. The van der Waals surface area contributed by atoms with Gasteiger partial charge in [0.15, 0.2) is 0 Å². The highest BCUT2D eigenvalue weighted by atomic mass is 16.7. The lowest BCUT2D eigenvalue weighted by molar-refractivity contribution is 0.00578. The predicted octanol–water partition coefficient (Wildman–Crippen LogP) is 5.39. The van der Waals surface area contributed by atoms with Gasteiger partial charge in [0.1, 0.15) is 18.2 Å². The number of hydrogen-bond donors (Lipinski definition) is 2. The predicted molar refractivity (Wildman–Crippen MR) is 146 cm³/mol. The van der Waals surface area contributed by atoms with Crippen LogP contribution in [0.15, 0.2) is 42.5 Å². The Kier molecular flexibility index (Phi) is 4.94. The molecule has 0 radical (unpaired) electrons. The molecule has 1 amide bonds. The molecular weight excluding hydrogens is 481 g/mol. The van der Waals surface area contributed by atoms with Crippen LogP contribution < -0.4 is 10.2 Å². The van der Waals surface area contributed by atoms with E-state index in [0.717, 1.165) is 62.6 Å². The summed E-state index contributed by atoms with van der Waals surface area (Å²) in [5.74, 6) is 1.55. The maximum Gasteiger partial charge on any atom is 0.494 e. The molecule has 194 valence electrons. The van der Waals surface area contributed by atoms with Gasteiger partial charge >= 0.3 is 13.2 Å². The Morgan fingerprint density at radius 1 is 1.05 bits per heavy atom. The summed E-state index contributed by atoms with van der Waals surface area (Å²) in [5.41, 5.74) is 5.22. The van der Waals surface area contributed by atoms with Crippen LogP contribution in [0.25, 0.3) is 32.9 Å². The van der Waals surface area contributed by atoms with Crippen LogP contribution in [0.2, 0.25) is 0 Å². The van der Waals surface area contributed by atoms with E-state index in [0.29, 0.717) is 19.0 Å². The van der Waals surface area contributed by atoms with E-state index in [1.165, 1.54) is 4.90 Å². The summed E-state index contributed by atoms with van der Waals surface area (Å²) in [5, 5.41) is 11.6. The maximum absolute atomic E-state index is 11.7. The number of amides is 1. The summed E-state index contributed by atoms with van der Waals surface area (Å²) in [6, 6.07) is 14.4. The van der Waals surface area contributed by atoms with E-state index in [4.69, 9.17) is 19.0 Å². The van der Waals surface area contributed by atoms with Crippen molar-refractivity contribution in [3.63, 3.8) is 0 Å². The highest BCUT2D eigenvalue weighted by Gasteiger charge is 2.51. The van der Waals surface area contributed by atoms with Crippen molar-refractivity contribution in [2.24, 2.45) is 0 Å². The number of H-pyrrole nitrogens is 1. The van der Waals surface area contributed by atoms with Gasteiger partial charge in [-0.1, -0.05) is 24.3 Å². The number of ether oxygens (including phenoxy) is 1. The molecule has 3 aliphatic heterocycles. The molecular formula is C29H30BN3O5. The van der Waals surface area contributed by atoms with E-state index in [2.05, 4.69) is 69.1 Å². The zero-order valence-electron chi connectivity index (χ0n) is 22.0. The van der Waals surface area contributed by atoms with Gasteiger partial charge in [-0.25, -0.2) is 9.78 Å². The Labute approximate surface area is 221 Å². The summed E-state index contributed by atoms with van der Waals surface area (Å²) in [6.45, 7) is 9.23. The van der Waals surface area contributed by atoms with E-state index in [1.54, 1.807) is 0 Å². The first-order valence-electron chi connectivity index (χ1n) is 13.2. The van der Waals surface area contributed by atoms with Crippen molar-refractivity contribution in [2.45, 2.75) is 64.4 Å². The number of nitrogens with one attached hydrogen (secondary N) is 1. The first-order valence-corrected chi connectivity index (χ1v) is 13.2. The number of rotatable bonds is 2. The van der Waals surface area contributed by atoms with Crippen LogP contribution in [0.5, 0.6) is 5.75 Å². The quantitative estimate of drug-likeness (QED) is 0.351. The van der Waals surface area contributed by atoms with Crippen molar-refractivity contribution in [1.29, 1.82) is 0 Å². The highest BCUT2D eigenvalue weighted by Crippen LogP contribution is 2.44. The van der Waals surface area contributed by atoms with Gasteiger partial charge in [-0.2, -0.15) is 0 Å². The van der Waals surface area contributed by atoms with Gasteiger partial charge in [0, 0.05) is 22.9 Å². The Hall–Kier alpha value is -3.56. The van der Waals surface area contributed by atoms with Crippen molar-refractivity contribution in [3.8, 4) is 16.9 Å². The molecule has 9 heteroatoms. The lowest BCUT2D eigenvalue weighted by Crippen LogP contribution is -2.41. The number of aromatic nitrogens is 2. The molecule has 2 saturated heterocycles. The van der Waals surface area contributed by atoms with E-state index >= 15 is 0 Å². The van der Waals surface area contributed by atoms with Gasteiger partial charge in [-0.15, -0.1) is 0 Å². The number of nitrogens with zero attached hydrogens (tertiary/aromatic N) is 2. The average molecular weight is 511 g/mol. The van der Waals surface area contributed by atoms with Gasteiger partial charge in [-0.3, -0.25) is 4.90 Å². The van der Waals surface area contributed by atoms with Gasteiger partial charge in [0.05, 0.1) is 28.3 Å². The van der Waals surface area contributed by atoms with Crippen molar-refractivity contribution >= 4 is 40.5 Å². The minimum atomic E-state index is -0.902. The third kappa shape index (κ3) is 3.38. The summed E-state index contributed by atoms with van der Waals surface area (Å²) in [6.07, 6.45) is 0.708. The zero-order valence-corrected chi connectivity index (χ0v) is 22.0. The van der Waals surface area contributed by atoms with Crippen LogP contribution in [0.1, 0.15) is 58.0 Å². The molecule has 8 nitrogen and oxygen atoms in total. The molecule has 0 saturated carbocycles. The minimum Gasteiger partial charge on any atom is -0.488 e. The SMILES string of the molecule is CC1(C)OB(c2ccc3c(c2)COc2c-3ccc3c2ccc2[nH]c([C@@H]4CCCN4C(=O)O)nc23)OC1(C)C. The van der Waals surface area contributed by atoms with Crippen molar-refractivity contribution in [2.75, 3.05) is 6.54 Å². The largest absolute Gasteiger partial charge is 0.494 e. The normalized spacial score (nSPS) is 21.5. The van der Waals surface area contributed by atoms with Gasteiger partial charge < -0.3 is 24.1 Å². The monoisotopic (exact) mass is 511 g/mol. The molecule has 2 N–H and O–H groups in total. The average Bonchev–Trinajstić information content (AvgIpc) is 3.58. The molecule has 3 aliphatic rings.